The van der Waals surface area contributed by atoms with Gasteiger partial charge in [-0.1, -0.05) is 42.9 Å². The summed E-state index contributed by atoms with van der Waals surface area (Å²) in [6.45, 7) is 1.94. The van der Waals surface area contributed by atoms with E-state index in [0.717, 1.165) is 23.4 Å². The molecule has 2 heterocycles. The van der Waals surface area contributed by atoms with Gasteiger partial charge in [-0.05, 0) is 24.5 Å². The third-order valence-corrected chi connectivity index (χ3v) is 5.42. The zero-order valence-corrected chi connectivity index (χ0v) is 12.6. The second kappa shape index (κ2) is 6.20. The first kappa shape index (κ1) is 13.3. The van der Waals surface area contributed by atoms with Crippen molar-refractivity contribution < 1.29 is 0 Å². The minimum Gasteiger partial charge on any atom is -0.341 e. The average Bonchev–Trinajstić information content (AvgIpc) is 2.96. The normalized spacial score (nSPS) is 22.1. The molecule has 0 atom stereocenters. The van der Waals surface area contributed by atoms with Crippen LogP contribution in [0.2, 0.25) is 0 Å². The fourth-order valence-electron chi connectivity index (χ4n) is 2.87. The number of hydrogen-bond donors (Lipinski definition) is 0. The van der Waals surface area contributed by atoms with Gasteiger partial charge in [0.05, 0.1) is 12.5 Å². The van der Waals surface area contributed by atoms with E-state index < -0.39 is 0 Å². The van der Waals surface area contributed by atoms with E-state index in [2.05, 4.69) is 20.9 Å². The van der Waals surface area contributed by atoms with Crippen LogP contribution in [-0.4, -0.2) is 37.7 Å². The maximum absolute atomic E-state index is 5.53. The molecule has 1 aliphatic carbocycles. The van der Waals surface area contributed by atoms with Crippen LogP contribution in [0.1, 0.15) is 31.2 Å². The molecule has 0 N–H and O–H groups in total. The maximum atomic E-state index is 5.53. The van der Waals surface area contributed by atoms with Crippen molar-refractivity contribution in [1.82, 2.24) is 14.8 Å². The highest BCUT2D eigenvalue weighted by Crippen LogP contribution is 2.29. The van der Waals surface area contributed by atoms with E-state index in [-0.39, 0.29) is 0 Å². The summed E-state index contributed by atoms with van der Waals surface area (Å²) < 4.78 is 1.09. The van der Waals surface area contributed by atoms with Gasteiger partial charge >= 0.3 is 0 Å². The van der Waals surface area contributed by atoms with Gasteiger partial charge in [-0.3, -0.25) is 9.88 Å². The molecule has 102 valence electrons. The van der Waals surface area contributed by atoms with Crippen LogP contribution in [0, 0.1) is 0 Å². The number of thiocarbonyl (C=S) groups is 1. The van der Waals surface area contributed by atoms with Crippen LogP contribution in [0.5, 0.6) is 0 Å². The van der Waals surface area contributed by atoms with E-state index in [1.807, 2.05) is 18.5 Å². The minimum absolute atomic E-state index is 0.677. The van der Waals surface area contributed by atoms with Crippen molar-refractivity contribution in [2.24, 2.45) is 0 Å². The van der Waals surface area contributed by atoms with Crippen LogP contribution >= 0.6 is 24.0 Å². The fourth-order valence-corrected chi connectivity index (χ4v) is 4.07. The maximum Gasteiger partial charge on any atom is 0.138 e. The third kappa shape index (κ3) is 3.27. The van der Waals surface area contributed by atoms with Gasteiger partial charge in [-0.25, -0.2) is 0 Å². The van der Waals surface area contributed by atoms with Crippen molar-refractivity contribution in [3.05, 3.63) is 30.1 Å². The molecule has 0 aromatic carbocycles. The summed E-state index contributed by atoms with van der Waals surface area (Å²) in [7, 11) is 0. The summed E-state index contributed by atoms with van der Waals surface area (Å²) >= 11 is 7.33. The largest absolute Gasteiger partial charge is 0.341 e. The molecule has 0 bridgehead atoms. The summed E-state index contributed by atoms with van der Waals surface area (Å²) in [4.78, 5) is 9.08. The molecule has 5 heteroatoms. The zero-order valence-electron chi connectivity index (χ0n) is 11.0. The highest BCUT2D eigenvalue weighted by Gasteiger charge is 2.29. The predicted molar refractivity (Wildman–Crippen MR) is 83.8 cm³/mol. The summed E-state index contributed by atoms with van der Waals surface area (Å²) in [6.07, 6.45) is 9.11. The van der Waals surface area contributed by atoms with Gasteiger partial charge in [-0.2, -0.15) is 0 Å². The molecule has 19 heavy (non-hydrogen) atoms. The molecule has 1 saturated carbocycles. The molecule has 3 nitrogen and oxygen atoms in total. The molecule has 2 aliphatic rings. The molecule has 0 amide bonds. The first-order valence-corrected chi connectivity index (χ1v) is 8.27. The highest BCUT2D eigenvalue weighted by atomic mass is 32.2. The highest BCUT2D eigenvalue weighted by molar-refractivity contribution is 8.22. The molecule has 0 radical (unpaired) electrons. The predicted octanol–water partition coefficient (Wildman–Crippen LogP) is 3.07. The van der Waals surface area contributed by atoms with E-state index in [1.165, 1.54) is 31.2 Å². The Morgan fingerprint density at radius 3 is 2.95 bits per heavy atom. The number of hydrogen-bond acceptors (Lipinski definition) is 4. The molecule has 0 spiro atoms. The number of thioether (sulfide) groups is 1. The number of aromatic nitrogens is 1. The number of rotatable bonds is 3. The van der Waals surface area contributed by atoms with Crippen molar-refractivity contribution in [3.63, 3.8) is 0 Å². The lowest BCUT2D eigenvalue weighted by Crippen LogP contribution is -2.48. The molecule has 0 unspecified atom stereocenters. The van der Waals surface area contributed by atoms with Gasteiger partial charge in [0.2, 0.25) is 0 Å². The Labute approximate surface area is 124 Å². The van der Waals surface area contributed by atoms with Crippen molar-refractivity contribution in [2.45, 2.75) is 38.3 Å². The minimum atomic E-state index is 0.677. The topological polar surface area (TPSA) is 19.4 Å². The number of nitrogens with zero attached hydrogens (tertiary/aromatic N) is 3. The first-order valence-electron chi connectivity index (χ1n) is 6.87. The standard InChI is InChI=1S/C14H19N3S2/c18-14-17(13-5-1-2-6-13)10-16(11-19-14)9-12-4-3-7-15-8-12/h3-4,7-8,13H,1-2,5-6,9-11H2. The Morgan fingerprint density at radius 1 is 1.37 bits per heavy atom. The Kier molecular flexibility index (Phi) is 4.35. The van der Waals surface area contributed by atoms with Gasteiger partial charge in [0, 0.05) is 25.0 Å². The molecule has 2 fully saturated rings. The monoisotopic (exact) mass is 293 g/mol. The quantitative estimate of drug-likeness (QED) is 0.795. The van der Waals surface area contributed by atoms with Crippen LogP contribution in [-0.2, 0) is 6.54 Å². The molecule has 3 rings (SSSR count). The first-order chi connectivity index (χ1) is 9.33. The van der Waals surface area contributed by atoms with Gasteiger partial charge in [0.1, 0.15) is 4.32 Å². The van der Waals surface area contributed by atoms with Crippen LogP contribution in [0.3, 0.4) is 0 Å². The average molecular weight is 293 g/mol. The molecular weight excluding hydrogens is 274 g/mol. The van der Waals surface area contributed by atoms with Crippen molar-refractivity contribution >= 4 is 28.3 Å². The van der Waals surface area contributed by atoms with E-state index >= 15 is 0 Å². The fraction of sp³-hybridized carbons (Fsp3) is 0.571. The molecular formula is C14H19N3S2. The van der Waals surface area contributed by atoms with Crippen LogP contribution < -0.4 is 0 Å². The number of pyridine rings is 1. The second-order valence-electron chi connectivity index (χ2n) is 5.28. The molecule has 1 aliphatic heterocycles. The van der Waals surface area contributed by atoms with Crippen LogP contribution in [0.4, 0.5) is 0 Å². The summed E-state index contributed by atoms with van der Waals surface area (Å²) in [5, 5.41) is 0. The lowest BCUT2D eigenvalue weighted by Gasteiger charge is -2.40. The smallest absolute Gasteiger partial charge is 0.138 e. The van der Waals surface area contributed by atoms with Crippen molar-refractivity contribution in [2.75, 3.05) is 12.5 Å². The summed E-state index contributed by atoms with van der Waals surface area (Å²) in [6, 6.07) is 4.83. The van der Waals surface area contributed by atoms with E-state index in [9.17, 15) is 0 Å². The lowest BCUT2D eigenvalue weighted by atomic mass is 10.2. The Balaban J connectivity index is 1.63. The Hall–Kier alpha value is -0.650. The van der Waals surface area contributed by atoms with Crippen molar-refractivity contribution in [3.8, 4) is 0 Å². The van der Waals surface area contributed by atoms with Gasteiger partial charge in [0.25, 0.3) is 0 Å². The second-order valence-corrected chi connectivity index (χ2v) is 6.86. The lowest BCUT2D eigenvalue weighted by molar-refractivity contribution is 0.170. The molecule has 1 aromatic rings. The van der Waals surface area contributed by atoms with Crippen LogP contribution in [0.15, 0.2) is 24.5 Å². The summed E-state index contributed by atoms with van der Waals surface area (Å²) in [5.41, 5.74) is 1.28. The summed E-state index contributed by atoms with van der Waals surface area (Å²) in [5.74, 6) is 0.997. The van der Waals surface area contributed by atoms with Gasteiger partial charge < -0.3 is 4.90 Å². The molecule has 1 aromatic heterocycles. The van der Waals surface area contributed by atoms with Crippen molar-refractivity contribution in [1.29, 1.82) is 0 Å². The van der Waals surface area contributed by atoms with Gasteiger partial charge in [-0.15, -0.1) is 0 Å². The Bertz CT molecular complexity index is 432. The third-order valence-electron chi connectivity index (χ3n) is 3.85. The SMILES string of the molecule is S=C1SCN(Cc2cccnc2)CN1C1CCCC1. The van der Waals surface area contributed by atoms with Crippen LogP contribution in [0.25, 0.3) is 0 Å². The van der Waals surface area contributed by atoms with E-state index in [4.69, 9.17) is 12.2 Å². The van der Waals surface area contributed by atoms with E-state index in [0.29, 0.717) is 6.04 Å². The van der Waals surface area contributed by atoms with Gasteiger partial charge in [0.15, 0.2) is 0 Å². The Morgan fingerprint density at radius 2 is 2.21 bits per heavy atom. The van der Waals surface area contributed by atoms with E-state index in [1.54, 1.807) is 11.8 Å². The zero-order chi connectivity index (χ0) is 13.1. The molecule has 1 saturated heterocycles.